The van der Waals surface area contributed by atoms with E-state index in [1.165, 1.54) is 6.07 Å². The van der Waals surface area contributed by atoms with Crippen LogP contribution >= 0.6 is 0 Å². The molecule has 4 N–H and O–H groups in total. The summed E-state index contributed by atoms with van der Waals surface area (Å²) in [6, 6.07) is 11.1. The SMILES string of the molecule is NCC(N)c1cc(F)c(F)c(OCc2ccccc2)c1. The highest BCUT2D eigenvalue weighted by Gasteiger charge is 2.15. The van der Waals surface area contributed by atoms with Gasteiger partial charge in [-0.3, -0.25) is 0 Å². The van der Waals surface area contributed by atoms with Crippen molar-refractivity contribution >= 4 is 0 Å². The fourth-order valence-corrected chi connectivity index (χ4v) is 1.77. The molecule has 0 spiro atoms. The van der Waals surface area contributed by atoms with Gasteiger partial charge in [-0.1, -0.05) is 30.3 Å². The summed E-state index contributed by atoms with van der Waals surface area (Å²) < 4.78 is 32.5. The Morgan fingerprint density at radius 3 is 2.45 bits per heavy atom. The first kappa shape index (κ1) is 14.4. The number of nitrogens with two attached hydrogens (primary N) is 2. The van der Waals surface area contributed by atoms with Crippen LogP contribution in [0.3, 0.4) is 0 Å². The highest BCUT2D eigenvalue weighted by atomic mass is 19.2. The van der Waals surface area contributed by atoms with Gasteiger partial charge in [-0.05, 0) is 23.3 Å². The standard InChI is InChI=1S/C15H16F2N2O/c16-12-6-11(13(19)8-18)7-14(15(12)17)20-9-10-4-2-1-3-5-10/h1-7,13H,8-9,18-19H2. The van der Waals surface area contributed by atoms with Crippen LogP contribution in [0.25, 0.3) is 0 Å². The lowest BCUT2D eigenvalue weighted by Crippen LogP contribution is -2.21. The molecule has 20 heavy (non-hydrogen) atoms. The lowest BCUT2D eigenvalue weighted by atomic mass is 10.1. The predicted molar refractivity (Wildman–Crippen MR) is 73.1 cm³/mol. The molecule has 0 saturated heterocycles. The summed E-state index contributed by atoms with van der Waals surface area (Å²) in [4.78, 5) is 0. The third-order valence-corrected chi connectivity index (χ3v) is 2.94. The summed E-state index contributed by atoms with van der Waals surface area (Å²) in [6.07, 6.45) is 0. The second-order valence-electron chi connectivity index (χ2n) is 4.43. The first-order chi connectivity index (χ1) is 9.61. The van der Waals surface area contributed by atoms with Gasteiger partial charge in [-0.15, -0.1) is 0 Å². The predicted octanol–water partition coefficient (Wildman–Crippen LogP) is 2.50. The third kappa shape index (κ3) is 3.31. The third-order valence-electron chi connectivity index (χ3n) is 2.94. The van der Waals surface area contributed by atoms with Crippen LogP contribution in [0.5, 0.6) is 5.75 Å². The Balaban J connectivity index is 2.20. The molecule has 1 unspecified atom stereocenters. The topological polar surface area (TPSA) is 61.3 Å². The molecule has 1 atom stereocenters. The van der Waals surface area contributed by atoms with Crippen LogP contribution in [0.15, 0.2) is 42.5 Å². The van der Waals surface area contributed by atoms with Crippen molar-refractivity contribution in [2.45, 2.75) is 12.6 Å². The van der Waals surface area contributed by atoms with Crippen molar-refractivity contribution in [2.24, 2.45) is 11.5 Å². The van der Waals surface area contributed by atoms with Crippen molar-refractivity contribution < 1.29 is 13.5 Å². The van der Waals surface area contributed by atoms with Crippen molar-refractivity contribution in [3.8, 4) is 5.75 Å². The van der Waals surface area contributed by atoms with Gasteiger partial charge in [0.2, 0.25) is 5.82 Å². The van der Waals surface area contributed by atoms with E-state index in [1.807, 2.05) is 30.3 Å². The molecule has 0 aliphatic rings. The summed E-state index contributed by atoms with van der Waals surface area (Å²) in [6.45, 7) is 0.293. The van der Waals surface area contributed by atoms with Gasteiger partial charge < -0.3 is 16.2 Å². The second-order valence-corrected chi connectivity index (χ2v) is 4.43. The minimum atomic E-state index is -1.02. The van der Waals surface area contributed by atoms with E-state index >= 15 is 0 Å². The molecule has 2 aromatic carbocycles. The summed E-state index contributed by atoms with van der Waals surface area (Å²) in [5.74, 6) is -2.17. The Bertz CT molecular complexity index is 576. The van der Waals surface area contributed by atoms with Gasteiger partial charge in [0.05, 0.1) is 0 Å². The molecule has 0 aliphatic carbocycles. The van der Waals surface area contributed by atoms with Crippen LogP contribution in [0.2, 0.25) is 0 Å². The van der Waals surface area contributed by atoms with E-state index < -0.39 is 17.7 Å². The van der Waals surface area contributed by atoms with Crippen molar-refractivity contribution in [3.05, 3.63) is 65.2 Å². The van der Waals surface area contributed by atoms with Crippen LogP contribution in [-0.4, -0.2) is 6.54 Å². The Hall–Kier alpha value is -1.98. The monoisotopic (exact) mass is 278 g/mol. The molecule has 0 radical (unpaired) electrons. The van der Waals surface area contributed by atoms with Crippen molar-refractivity contribution in [3.63, 3.8) is 0 Å². The molecule has 0 aliphatic heterocycles. The highest BCUT2D eigenvalue weighted by Crippen LogP contribution is 2.25. The summed E-state index contributed by atoms with van der Waals surface area (Å²) in [5, 5.41) is 0. The maximum atomic E-state index is 13.7. The van der Waals surface area contributed by atoms with Gasteiger partial charge in [-0.25, -0.2) is 4.39 Å². The quantitative estimate of drug-likeness (QED) is 0.883. The maximum absolute atomic E-state index is 13.7. The van der Waals surface area contributed by atoms with E-state index in [1.54, 1.807) is 0 Å². The van der Waals surface area contributed by atoms with Gasteiger partial charge >= 0.3 is 0 Å². The minimum Gasteiger partial charge on any atom is -0.486 e. The van der Waals surface area contributed by atoms with Crippen LogP contribution in [-0.2, 0) is 6.61 Å². The average Bonchev–Trinajstić information content (AvgIpc) is 2.48. The van der Waals surface area contributed by atoms with Crippen molar-refractivity contribution in [2.75, 3.05) is 6.54 Å². The van der Waals surface area contributed by atoms with Gasteiger partial charge in [0, 0.05) is 12.6 Å². The normalized spacial score (nSPS) is 12.2. The summed E-state index contributed by atoms with van der Waals surface area (Å²) >= 11 is 0. The zero-order valence-corrected chi connectivity index (χ0v) is 10.9. The molecule has 0 bridgehead atoms. The van der Waals surface area contributed by atoms with Crippen LogP contribution in [0.1, 0.15) is 17.2 Å². The lowest BCUT2D eigenvalue weighted by Gasteiger charge is -2.13. The molecule has 0 aromatic heterocycles. The highest BCUT2D eigenvalue weighted by molar-refractivity contribution is 5.33. The van der Waals surface area contributed by atoms with Gasteiger partial charge in [-0.2, -0.15) is 4.39 Å². The zero-order valence-electron chi connectivity index (χ0n) is 10.9. The summed E-state index contributed by atoms with van der Waals surface area (Å²) in [5.41, 5.74) is 12.4. The number of benzene rings is 2. The molecular formula is C15H16F2N2O. The van der Waals surface area contributed by atoms with E-state index in [0.29, 0.717) is 5.56 Å². The Labute approximate surface area is 116 Å². The minimum absolute atomic E-state index is 0.142. The Morgan fingerprint density at radius 1 is 1.10 bits per heavy atom. The largest absolute Gasteiger partial charge is 0.486 e. The van der Waals surface area contributed by atoms with Crippen molar-refractivity contribution in [1.82, 2.24) is 0 Å². The van der Waals surface area contributed by atoms with Crippen molar-refractivity contribution in [1.29, 1.82) is 0 Å². The smallest absolute Gasteiger partial charge is 0.200 e. The van der Waals surface area contributed by atoms with Gasteiger partial charge in [0.1, 0.15) is 6.61 Å². The number of rotatable bonds is 5. The first-order valence-corrected chi connectivity index (χ1v) is 6.23. The molecule has 0 fully saturated rings. The number of ether oxygens (including phenoxy) is 1. The number of hydrogen-bond donors (Lipinski definition) is 2. The lowest BCUT2D eigenvalue weighted by molar-refractivity contribution is 0.284. The van der Waals surface area contributed by atoms with Crippen LogP contribution in [0.4, 0.5) is 8.78 Å². The van der Waals surface area contributed by atoms with E-state index in [9.17, 15) is 8.78 Å². The Kier molecular flexibility index (Phi) is 4.65. The van der Waals surface area contributed by atoms with E-state index in [2.05, 4.69) is 0 Å². The molecule has 2 aromatic rings. The van der Waals surface area contributed by atoms with E-state index in [-0.39, 0.29) is 18.9 Å². The fraction of sp³-hybridized carbons (Fsp3) is 0.200. The van der Waals surface area contributed by atoms with E-state index in [0.717, 1.165) is 11.6 Å². The fourth-order valence-electron chi connectivity index (χ4n) is 1.77. The first-order valence-electron chi connectivity index (χ1n) is 6.23. The van der Waals surface area contributed by atoms with Gasteiger partial charge in [0.15, 0.2) is 11.6 Å². The zero-order chi connectivity index (χ0) is 14.5. The van der Waals surface area contributed by atoms with E-state index in [4.69, 9.17) is 16.2 Å². The molecular weight excluding hydrogens is 262 g/mol. The molecule has 106 valence electrons. The van der Waals surface area contributed by atoms with Crippen LogP contribution in [0, 0.1) is 11.6 Å². The molecule has 5 heteroatoms. The molecule has 0 heterocycles. The molecule has 3 nitrogen and oxygen atoms in total. The molecule has 0 amide bonds. The molecule has 2 rings (SSSR count). The number of halogens is 2. The van der Waals surface area contributed by atoms with Gasteiger partial charge in [0.25, 0.3) is 0 Å². The summed E-state index contributed by atoms with van der Waals surface area (Å²) in [7, 11) is 0. The Morgan fingerprint density at radius 2 is 1.80 bits per heavy atom. The number of hydrogen-bond acceptors (Lipinski definition) is 3. The second kappa shape index (κ2) is 6.45. The average molecular weight is 278 g/mol. The molecule has 0 saturated carbocycles. The van der Waals surface area contributed by atoms with Crippen LogP contribution < -0.4 is 16.2 Å². The maximum Gasteiger partial charge on any atom is 0.200 e.